The molecule has 1 aromatic heterocycles. The lowest BCUT2D eigenvalue weighted by Gasteiger charge is -2.10. The number of nitrogens with one attached hydrogen (secondary N) is 1. The number of carbonyl (C=O) groups excluding carboxylic acids is 1. The topological polar surface area (TPSA) is 97.1 Å². The average Bonchev–Trinajstić information content (AvgIpc) is 3.12. The maximum atomic E-state index is 12.0. The van der Waals surface area contributed by atoms with Crippen LogP contribution in [-0.2, 0) is 16.1 Å². The highest BCUT2D eigenvalue weighted by Gasteiger charge is 2.48. The number of amides is 1. The molecule has 0 spiro atoms. The minimum absolute atomic E-state index is 0.242. The molecule has 2 unspecified atom stereocenters. The fourth-order valence-corrected chi connectivity index (χ4v) is 2.25. The summed E-state index contributed by atoms with van der Waals surface area (Å²) in [4.78, 5) is 26.7. The maximum absolute atomic E-state index is 12.0. The number of nitrogens with zero attached hydrogens (tertiary/aromatic N) is 3. The van der Waals surface area contributed by atoms with Gasteiger partial charge in [-0.15, -0.1) is 0 Å². The van der Waals surface area contributed by atoms with Crippen LogP contribution in [0.3, 0.4) is 0 Å². The summed E-state index contributed by atoms with van der Waals surface area (Å²) in [5.74, 6) is -2.13. The molecule has 1 aliphatic carbocycles. The van der Waals surface area contributed by atoms with E-state index in [0.29, 0.717) is 18.7 Å². The number of carbonyl (C=O) groups is 2. The van der Waals surface area contributed by atoms with E-state index in [2.05, 4.69) is 15.4 Å². The molecule has 1 saturated carbocycles. The second-order valence-electron chi connectivity index (χ2n) is 5.03. The summed E-state index contributed by atoms with van der Waals surface area (Å²) in [7, 11) is 0. The van der Waals surface area contributed by atoms with Crippen molar-refractivity contribution in [1.29, 1.82) is 0 Å². The number of para-hydroxylation sites is 1. The van der Waals surface area contributed by atoms with Gasteiger partial charge < -0.3 is 10.4 Å². The lowest BCUT2D eigenvalue weighted by atomic mass is 10.1. The van der Waals surface area contributed by atoms with E-state index < -0.39 is 17.8 Å². The van der Waals surface area contributed by atoms with E-state index in [4.69, 9.17) is 5.11 Å². The fraction of sp³-hybridized carbons (Fsp3) is 0.286. The zero-order valence-electron chi connectivity index (χ0n) is 11.1. The number of hydrogen-bond acceptors (Lipinski definition) is 4. The van der Waals surface area contributed by atoms with Gasteiger partial charge in [0.25, 0.3) is 0 Å². The predicted molar refractivity (Wildman–Crippen MR) is 73.4 cm³/mol. The van der Waals surface area contributed by atoms with Gasteiger partial charge in [-0.2, -0.15) is 5.10 Å². The number of rotatable bonds is 5. The largest absolute Gasteiger partial charge is 0.481 e. The van der Waals surface area contributed by atoms with Crippen LogP contribution < -0.4 is 5.32 Å². The Morgan fingerprint density at radius 2 is 2.14 bits per heavy atom. The number of carboxylic acid groups (broad SMARTS) is 1. The highest BCUT2D eigenvalue weighted by Crippen LogP contribution is 2.39. The van der Waals surface area contributed by atoms with Crippen molar-refractivity contribution in [2.45, 2.75) is 13.0 Å². The van der Waals surface area contributed by atoms with Crippen LogP contribution in [0.2, 0.25) is 0 Å². The van der Waals surface area contributed by atoms with E-state index in [1.807, 2.05) is 18.2 Å². The minimum atomic E-state index is -0.911. The van der Waals surface area contributed by atoms with Crippen molar-refractivity contribution in [3.8, 4) is 0 Å². The van der Waals surface area contributed by atoms with Crippen LogP contribution >= 0.6 is 0 Å². The van der Waals surface area contributed by atoms with Gasteiger partial charge in [-0.3, -0.25) is 9.59 Å². The van der Waals surface area contributed by atoms with E-state index in [-0.39, 0.29) is 5.91 Å². The van der Waals surface area contributed by atoms with Crippen molar-refractivity contribution in [2.75, 3.05) is 5.32 Å². The molecular formula is C14H14N4O3. The van der Waals surface area contributed by atoms with Gasteiger partial charge in [0.2, 0.25) is 5.91 Å². The summed E-state index contributed by atoms with van der Waals surface area (Å²) >= 11 is 0. The van der Waals surface area contributed by atoms with Crippen LogP contribution in [0.25, 0.3) is 0 Å². The summed E-state index contributed by atoms with van der Waals surface area (Å²) in [6.07, 6.45) is 3.45. The fourth-order valence-electron chi connectivity index (χ4n) is 2.25. The van der Waals surface area contributed by atoms with Crippen LogP contribution in [0.15, 0.2) is 36.9 Å². The van der Waals surface area contributed by atoms with Crippen molar-refractivity contribution < 1.29 is 14.7 Å². The van der Waals surface area contributed by atoms with Gasteiger partial charge >= 0.3 is 5.97 Å². The summed E-state index contributed by atoms with van der Waals surface area (Å²) in [5.41, 5.74) is 1.57. The van der Waals surface area contributed by atoms with Gasteiger partial charge in [0.15, 0.2) is 0 Å². The van der Waals surface area contributed by atoms with E-state index in [1.54, 1.807) is 17.1 Å². The van der Waals surface area contributed by atoms with Crippen molar-refractivity contribution in [3.63, 3.8) is 0 Å². The van der Waals surface area contributed by atoms with Crippen molar-refractivity contribution in [2.24, 2.45) is 11.8 Å². The molecule has 2 N–H and O–H groups in total. The number of benzene rings is 1. The number of carboxylic acids is 1. The van der Waals surface area contributed by atoms with Crippen LogP contribution in [0.1, 0.15) is 12.0 Å². The highest BCUT2D eigenvalue weighted by atomic mass is 16.4. The lowest BCUT2D eigenvalue weighted by molar-refractivity contribution is -0.139. The smallest absolute Gasteiger partial charge is 0.307 e. The van der Waals surface area contributed by atoms with Crippen molar-refractivity contribution >= 4 is 17.6 Å². The Morgan fingerprint density at radius 3 is 2.81 bits per heavy atom. The third-order valence-electron chi connectivity index (χ3n) is 3.52. The molecule has 1 heterocycles. The Kier molecular flexibility index (Phi) is 3.39. The van der Waals surface area contributed by atoms with Crippen LogP contribution in [-0.4, -0.2) is 31.7 Å². The molecule has 108 valence electrons. The van der Waals surface area contributed by atoms with Crippen LogP contribution in [0, 0.1) is 11.8 Å². The molecule has 21 heavy (non-hydrogen) atoms. The zero-order chi connectivity index (χ0) is 14.8. The Balaban J connectivity index is 1.71. The molecule has 0 bridgehead atoms. The second kappa shape index (κ2) is 5.35. The normalized spacial score (nSPS) is 20.0. The van der Waals surface area contributed by atoms with Gasteiger partial charge in [-0.05, 0) is 18.1 Å². The van der Waals surface area contributed by atoms with E-state index in [0.717, 1.165) is 5.56 Å². The molecule has 7 nitrogen and oxygen atoms in total. The maximum Gasteiger partial charge on any atom is 0.307 e. The third kappa shape index (κ3) is 2.91. The Morgan fingerprint density at radius 1 is 1.33 bits per heavy atom. The predicted octanol–water partition coefficient (Wildman–Crippen LogP) is 0.986. The van der Waals surface area contributed by atoms with E-state index in [1.165, 1.54) is 6.33 Å². The zero-order valence-corrected chi connectivity index (χ0v) is 11.1. The van der Waals surface area contributed by atoms with Crippen molar-refractivity contribution in [1.82, 2.24) is 14.8 Å². The molecule has 0 aliphatic heterocycles. The molecular weight excluding hydrogens is 272 g/mol. The second-order valence-corrected chi connectivity index (χ2v) is 5.03. The monoisotopic (exact) mass is 286 g/mol. The van der Waals surface area contributed by atoms with Gasteiger partial charge in [0.05, 0.1) is 18.4 Å². The highest BCUT2D eigenvalue weighted by molar-refractivity contribution is 5.98. The molecule has 0 radical (unpaired) electrons. The molecule has 3 rings (SSSR count). The average molecular weight is 286 g/mol. The molecule has 0 saturated heterocycles. The summed E-state index contributed by atoms with van der Waals surface area (Å²) in [5, 5.41) is 15.7. The Labute approximate surface area is 120 Å². The van der Waals surface area contributed by atoms with Crippen LogP contribution in [0.5, 0.6) is 0 Å². The van der Waals surface area contributed by atoms with E-state index in [9.17, 15) is 9.59 Å². The first kappa shape index (κ1) is 13.3. The molecule has 1 aliphatic rings. The molecule has 7 heteroatoms. The Hall–Kier alpha value is -2.70. The van der Waals surface area contributed by atoms with Gasteiger partial charge in [0.1, 0.15) is 12.7 Å². The third-order valence-corrected chi connectivity index (χ3v) is 3.52. The van der Waals surface area contributed by atoms with Gasteiger partial charge in [0, 0.05) is 5.69 Å². The Bertz CT molecular complexity index is 669. The lowest BCUT2D eigenvalue weighted by Crippen LogP contribution is -2.18. The summed E-state index contributed by atoms with van der Waals surface area (Å²) in [6.45, 7) is 0.490. The standard InChI is InChI=1S/C14H14N4O3/c19-13(10-5-11(10)14(20)21)17-12-4-2-1-3-9(12)6-18-8-15-7-16-18/h1-4,7-8,10-11H,5-6H2,(H,17,19)(H,20,21). The number of anilines is 1. The van der Waals surface area contributed by atoms with Crippen LogP contribution in [0.4, 0.5) is 5.69 Å². The van der Waals surface area contributed by atoms with E-state index >= 15 is 0 Å². The van der Waals surface area contributed by atoms with Crippen molar-refractivity contribution in [3.05, 3.63) is 42.5 Å². The number of hydrogen-bond donors (Lipinski definition) is 2. The SMILES string of the molecule is O=C(O)C1CC1C(=O)Nc1ccccc1Cn1cncn1. The summed E-state index contributed by atoms with van der Waals surface area (Å²) in [6, 6.07) is 7.38. The van der Waals surface area contributed by atoms with Gasteiger partial charge in [-0.1, -0.05) is 18.2 Å². The first-order valence-electron chi connectivity index (χ1n) is 6.59. The molecule has 1 aromatic carbocycles. The quantitative estimate of drug-likeness (QED) is 0.854. The first-order chi connectivity index (χ1) is 10.1. The number of aromatic nitrogens is 3. The minimum Gasteiger partial charge on any atom is -0.481 e. The van der Waals surface area contributed by atoms with Gasteiger partial charge in [-0.25, -0.2) is 9.67 Å². The first-order valence-corrected chi connectivity index (χ1v) is 6.59. The molecule has 2 aromatic rings. The molecule has 1 fully saturated rings. The number of aliphatic carboxylic acids is 1. The summed E-state index contributed by atoms with van der Waals surface area (Å²) < 4.78 is 1.65. The molecule has 2 atom stereocenters. The molecule has 1 amide bonds.